The van der Waals surface area contributed by atoms with Crippen molar-refractivity contribution < 1.29 is 13.2 Å². The van der Waals surface area contributed by atoms with E-state index in [9.17, 15) is 13.2 Å². The van der Waals surface area contributed by atoms with Gasteiger partial charge in [-0.1, -0.05) is 43.0 Å². The molecular weight excluding hydrogens is 494 g/mol. The van der Waals surface area contributed by atoms with Gasteiger partial charge in [-0.2, -0.15) is 4.31 Å². The van der Waals surface area contributed by atoms with Crippen LogP contribution in [0.25, 0.3) is 11.4 Å². The number of hydrogen-bond acceptors (Lipinski definition) is 6. The molecule has 2 aliphatic rings. The van der Waals surface area contributed by atoms with Crippen molar-refractivity contribution in [3.8, 4) is 11.4 Å². The van der Waals surface area contributed by atoms with Gasteiger partial charge in [0.15, 0.2) is 11.0 Å². The fourth-order valence-electron chi connectivity index (χ4n) is 5.07. The molecule has 8 nitrogen and oxygen atoms in total. The zero-order chi connectivity index (χ0) is 25.5. The number of rotatable bonds is 6. The van der Waals surface area contributed by atoms with Crippen molar-refractivity contribution in [3.05, 3.63) is 54.1 Å². The van der Waals surface area contributed by atoms with Crippen LogP contribution >= 0.6 is 11.8 Å². The van der Waals surface area contributed by atoms with Gasteiger partial charge < -0.3 is 5.32 Å². The first kappa shape index (κ1) is 25.0. The molecule has 0 spiro atoms. The number of nitrogens with one attached hydrogen (secondary N) is 1. The Morgan fingerprint density at radius 1 is 1.14 bits per heavy atom. The smallest absolute Gasteiger partial charge is 0.243 e. The summed E-state index contributed by atoms with van der Waals surface area (Å²) in [6, 6.07) is 14.6. The number of hydrogen-bond donors (Lipinski definition) is 1. The van der Waals surface area contributed by atoms with Crippen molar-refractivity contribution in [1.29, 1.82) is 0 Å². The zero-order valence-corrected chi connectivity index (χ0v) is 22.4. The summed E-state index contributed by atoms with van der Waals surface area (Å²) < 4.78 is 29.6. The van der Waals surface area contributed by atoms with Crippen LogP contribution in [-0.2, 0) is 26.8 Å². The highest BCUT2D eigenvalue weighted by molar-refractivity contribution is 7.99. The zero-order valence-electron chi connectivity index (χ0n) is 20.8. The van der Waals surface area contributed by atoms with Crippen LogP contribution in [0.5, 0.6) is 0 Å². The molecule has 10 heteroatoms. The van der Waals surface area contributed by atoms with Gasteiger partial charge in [-0.15, -0.1) is 10.2 Å². The van der Waals surface area contributed by atoms with Gasteiger partial charge in [0.25, 0.3) is 0 Å². The van der Waals surface area contributed by atoms with E-state index >= 15 is 0 Å². The van der Waals surface area contributed by atoms with Gasteiger partial charge in [0, 0.05) is 29.9 Å². The molecule has 0 radical (unpaired) electrons. The third kappa shape index (κ3) is 4.81. The van der Waals surface area contributed by atoms with Crippen molar-refractivity contribution in [1.82, 2.24) is 19.1 Å². The standard InChI is InChI=1S/C26H31N5O3S2/c1-18-7-6-14-30(16-18)36(33,34)21-12-10-20(11-13-21)27-23(32)17-35-25-29-28-24-22-9-5-4-8-19(22)15-26(2,3)31(24)25/h4-5,8-13,18H,6-7,14-17H2,1-3H3,(H,27,32). The van der Waals surface area contributed by atoms with Crippen LogP contribution in [0.4, 0.5) is 5.69 Å². The number of benzene rings is 2. The summed E-state index contributed by atoms with van der Waals surface area (Å²) >= 11 is 1.35. The van der Waals surface area contributed by atoms with E-state index in [0.29, 0.717) is 29.9 Å². The van der Waals surface area contributed by atoms with Crippen molar-refractivity contribution >= 4 is 33.4 Å². The fraction of sp³-hybridized carbons (Fsp3) is 0.423. The summed E-state index contributed by atoms with van der Waals surface area (Å²) in [5.74, 6) is 1.17. The molecule has 36 heavy (non-hydrogen) atoms. The molecule has 1 aromatic heterocycles. The number of carbonyl (C=O) groups excluding carboxylic acids is 1. The number of anilines is 1. The number of amides is 1. The van der Waals surface area contributed by atoms with Crippen molar-refractivity contribution in [2.75, 3.05) is 24.2 Å². The second kappa shape index (κ2) is 9.64. The molecule has 3 aromatic rings. The number of thioether (sulfide) groups is 1. The maximum absolute atomic E-state index is 13.0. The van der Waals surface area contributed by atoms with Crippen LogP contribution in [-0.4, -0.2) is 52.2 Å². The van der Waals surface area contributed by atoms with Gasteiger partial charge in [-0.3, -0.25) is 9.36 Å². The van der Waals surface area contributed by atoms with Gasteiger partial charge in [0.05, 0.1) is 10.6 Å². The highest BCUT2D eigenvalue weighted by Gasteiger charge is 2.34. The summed E-state index contributed by atoms with van der Waals surface area (Å²) in [7, 11) is -3.52. The molecule has 0 aliphatic carbocycles. The lowest BCUT2D eigenvalue weighted by molar-refractivity contribution is -0.113. The average Bonchev–Trinajstić information content (AvgIpc) is 3.29. The normalized spacial score (nSPS) is 19.4. The van der Waals surface area contributed by atoms with Gasteiger partial charge in [-0.05, 0) is 68.9 Å². The molecule has 2 aromatic carbocycles. The lowest BCUT2D eigenvalue weighted by atomic mass is 9.87. The van der Waals surface area contributed by atoms with E-state index in [4.69, 9.17) is 0 Å². The van der Waals surface area contributed by atoms with Crippen LogP contribution in [0.2, 0.25) is 0 Å². The molecule has 0 bridgehead atoms. The fourth-order valence-corrected chi connectivity index (χ4v) is 7.56. The van der Waals surface area contributed by atoms with Gasteiger partial charge in [0.1, 0.15) is 0 Å². The molecule has 3 heterocycles. The van der Waals surface area contributed by atoms with E-state index in [1.54, 1.807) is 28.6 Å². The molecule has 2 aliphatic heterocycles. The topological polar surface area (TPSA) is 97.2 Å². The molecule has 1 atom stereocenters. The molecule has 1 amide bonds. The molecule has 5 rings (SSSR count). The largest absolute Gasteiger partial charge is 0.325 e. The second-order valence-corrected chi connectivity index (χ2v) is 13.1. The molecule has 190 valence electrons. The van der Waals surface area contributed by atoms with E-state index in [1.165, 1.54) is 17.3 Å². The van der Waals surface area contributed by atoms with E-state index < -0.39 is 10.0 Å². The Labute approximate surface area is 216 Å². The average molecular weight is 526 g/mol. The first-order chi connectivity index (χ1) is 17.1. The molecule has 0 saturated carbocycles. The minimum absolute atomic E-state index is 0.168. The third-order valence-corrected chi connectivity index (χ3v) is 9.66. The summed E-state index contributed by atoms with van der Waals surface area (Å²) in [6.07, 6.45) is 2.79. The minimum atomic E-state index is -3.52. The predicted molar refractivity (Wildman–Crippen MR) is 141 cm³/mol. The Hall–Kier alpha value is -2.69. The molecule has 1 saturated heterocycles. The summed E-state index contributed by atoms with van der Waals surface area (Å²) in [5.41, 5.74) is 2.68. The van der Waals surface area contributed by atoms with Crippen LogP contribution in [0, 0.1) is 5.92 Å². The van der Waals surface area contributed by atoms with Crippen LogP contribution in [0.3, 0.4) is 0 Å². The van der Waals surface area contributed by atoms with Crippen molar-refractivity contribution in [3.63, 3.8) is 0 Å². The highest BCUT2D eigenvalue weighted by Crippen LogP contribution is 2.39. The third-order valence-electron chi connectivity index (χ3n) is 6.85. The second-order valence-electron chi connectivity index (χ2n) is 10.3. The number of sulfonamides is 1. The van der Waals surface area contributed by atoms with E-state index in [-0.39, 0.29) is 22.1 Å². The van der Waals surface area contributed by atoms with Crippen LogP contribution in [0.15, 0.2) is 58.6 Å². The molecular formula is C26H31N5O3S2. The Kier molecular flexibility index (Phi) is 6.69. The Balaban J connectivity index is 1.24. The first-order valence-electron chi connectivity index (χ1n) is 12.2. The SMILES string of the molecule is CC1CCCN(S(=O)(=O)c2ccc(NC(=O)CSc3nnc4n3C(C)(C)Cc3ccccc3-4)cc2)C1. The molecule has 1 N–H and O–H groups in total. The van der Waals surface area contributed by atoms with Gasteiger partial charge in [-0.25, -0.2) is 8.42 Å². The lowest BCUT2D eigenvalue weighted by Crippen LogP contribution is -2.39. The predicted octanol–water partition coefficient (Wildman–Crippen LogP) is 4.39. The number of nitrogens with zero attached hydrogens (tertiary/aromatic N) is 4. The Morgan fingerprint density at radius 3 is 2.64 bits per heavy atom. The van der Waals surface area contributed by atoms with Crippen molar-refractivity contribution in [2.24, 2.45) is 5.92 Å². The Morgan fingerprint density at radius 2 is 1.89 bits per heavy atom. The monoisotopic (exact) mass is 525 g/mol. The van der Waals surface area contributed by atoms with Gasteiger partial charge in [0.2, 0.25) is 15.9 Å². The van der Waals surface area contributed by atoms with Crippen LogP contribution < -0.4 is 5.32 Å². The lowest BCUT2D eigenvalue weighted by Gasteiger charge is -2.34. The van der Waals surface area contributed by atoms with Gasteiger partial charge >= 0.3 is 0 Å². The number of piperidine rings is 1. The number of carbonyl (C=O) groups is 1. The molecule has 1 unspecified atom stereocenters. The van der Waals surface area contributed by atoms with E-state index in [1.807, 2.05) is 12.1 Å². The highest BCUT2D eigenvalue weighted by atomic mass is 32.2. The summed E-state index contributed by atoms with van der Waals surface area (Å²) in [4.78, 5) is 12.9. The number of aromatic nitrogens is 3. The minimum Gasteiger partial charge on any atom is -0.325 e. The maximum Gasteiger partial charge on any atom is 0.243 e. The van der Waals surface area contributed by atoms with E-state index in [0.717, 1.165) is 30.7 Å². The molecule has 1 fully saturated rings. The van der Waals surface area contributed by atoms with Crippen molar-refractivity contribution in [2.45, 2.75) is 55.6 Å². The van der Waals surface area contributed by atoms with E-state index in [2.05, 4.69) is 53.0 Å². The Bertz CT molecular complexity index is 1380. The summed E-state index contributed by atoms with van der Waals surface area (Å²) in [5, 5.41) is 12.4. The van der Waals surface area contributed by atoms with Crippen LogP contribution in [0.1, 0.15) is 39.2 Å². The maximum atomic E-state index is 13.0. The first-order valence-corrected chi connectivity index (χ1v) is 14.6. The quantitative estimate of drug-likeness (QED) is 0.480. The summed E-state index contributed by atoms with van der Waals surface area (Å²) in [6.45, 7) is 7.48. The number of fused-ring (bicyclic) bond motifs is 3.